The number of carbonyl (C=O) groups is 3. The van der Waals surface area contributed by atoms with Crippen LogP contribution in [-0.2, 0) is 28.6 Å². The van der Waals surface area contributed by atoms with Gasteiger partial charge in [-0.25, -0.2) is 0 Å². The Labute approximate surface area is 397 Å². The van der Waals surface area contributed by atoms with Gasteiger partial charge in [0.2, 0.25) is 0 Å². The Morgan fingerprint density at radius 1 is 0.312 bits per heavy atom. The summed E-state index contributed by atoms with van der Waals surface area (Å²) in [7, 11) is 0. The molecule has 1 unspecified atom stereocenters. The van der Waals surface area contributed by atoms with Crippen LogP contribution in [0.5, 0.6) is 0 Å². The van der Waals surface area contributed by atoms with Gasteiger partial charge < -0.3 is 14.2 Å². The fourth-order valence-corrected chi connectivity index (χ4v) is 7.86. The van der Waals surface area contributed by atoms with Crippen molar-refractivity contribution in [3.8, 4) is 0 Å². The Hall–Kier alpha value is -2.63. The van der Waals surface area contributed by atoms with Crippen molar-refractivity contribution in [1.82, 2.24) is 0 Å². The van der Waals surface area contributed by atoms with E-state index in [-0.39, 0.29) is 31.1 Å². The third kappa shape index (κ3) is 50.4. The van der Waals surface area contributed by atoms with E-state index >= 15 is 0 Å². The lowest BCUT2D eigenvalue weighted by Crippen LogP contribution is -2.30. The molecule has 64 heavy (non-hydrogen) atoms. The maximum Gasteiger partial charge on any atom is 0.306 e. The van der Waals surface area contributed by atoms with E-state index in [0.717, 1.165) is 83.5 Å². The molecule has 6 nitrogen and oxygen atoms in total. The predicted molar refractivity (Wildman–Crippen MR) is 275 cm³/mol. The lowest BCUT2D eigenvalue weighted by Gasteiger charge is -2.18. The topological polar surface area (TPSA) is 78.9 Å². The average Bonchev–Trinajstić information content (AvgIpc) is 3.29. The van der Waals surface area contributed by atoms with Gasteiger partial charge in [-0.3, -0.25) is 14.4 Å². The van der Waals surface area contributed by atoms with Gasteiger partial charge in [-0.15, -0.1) is 0 Å². The molecule has 0 amide bonds. The highest BCUT2D eigenvalue weighted by molar-refractivity contribution is 5.71. The van der Waals surface area contributed by atoms with Crippen molar-refractivity contribution in [1.29, 1.82) is 0 Å². The first-order valence-corrected chi connectivity index (χ1v) is 27.6. The van der Waals surface area contributed by atoms with E-state index in [9.17, 15) is 14.4 Å². The SMILES string of the molecule is CCCCC/C=C\CCCCCCCC(=O)OC(COC(=O)CCCCCCCCCCC)COC(=O)CCCCCCCCCCCC/C=C\C/C=C\C/C=C\CCCCCCC. The van der Waals surface area contributed by atoms with E-state index in [1.807, 2.05) is 0 Å². The van der Waals surface area contributed by atoms with Gasteiger partial charge >= 0.3 is 17.9 Å². The largest absolute Gasteiger partial charge is 0.462 e. The number of unbranched alkanes of at least 4 members (excludes halogenated alkanes) is 31. The molecule has 0 aliphatic rings. The quantitative estimate of drug-likeness (QED) is 0.0262. The summed E-state index contributed by atoms with van der Waals surface area (Å²) in [5.74, 6) is -0.884. The van der Waals surface area contributed by atoms with Crippen LogP contribution in [0.3, 0.4) is 0 Å². The predicted octanol–water partition coefficient (Wildman–Crippen LogP) is 18.3. The molecule has 0 aliphatic carbocycles. The van der Waals surface area contributed by atoms with Crippen LogP contribution in [0.4, 0.5) is 0 Å². The summed E-state index contributed by atoms with van der Waals surface area (Å²) in [6, 6.07) is 0. The molecule has 6 heteroatoms. The first-order chi connectivity index (χ1) is 31.5. The van der Waals surface area contributed by atoms with E-state index in [1.165, 1.54) is 161 Å². The van der Waals surface area contributed by atoms with Gasteiger partial charge in [-0.1, -0.05) is 230 Å². The fourth-order valence-electron chi connectivity index (χ4n) is 7.86. The highest BCUT2D eigenvalue weighted by atomic mass is 16.6. The van der Waals surface area contributed by atoms with E-state index in [2.05, 4.69) is 69.4 Å². The summed E-state index contributed by atoms with van der Waals surface area (Å²) < 4.78 is 16.8. The molecule has 0 N–H and O–H groups in total. The van der Waals surface area contributed by atoms with Gasteiger partial charge in [0.1, 0.15) is 13.2 Å². The highest BCUT2D eigenvalue weighted by Gasteiger charge is 2.19. The molecule has 0 aromatic heterocycles. The number of ether oxygens (including phenoxy) is 3. The Balaban J connectivity index is 4.19. The van der Waals surface area contributed by atoms with Gasteiger partial charge in [0.25, 0.3) is 0 Å². The zero-order valence-electron chi connectivity index (χ0n) is 42.6. The molecule has 0 aromatic rings. The number of rotatable bonds is 50. The van der Waals surface area contributed by atoms with Gasteiger partial charge in [0.05, 0.1) is 0 Å². The molecular formula is C58H104O6. The molecule has 0 aromatic carbocycles. The van der Waals surface area contributed by atoms with Crippen molar-refractivity contribution in [2.45, 2.75) is 290 Å². The minimum atomic E-state index is -0.774. The lowest BCUT2D eigenvalue weighted by molar-refractivity contribution is -0.167. The molecule has 0 radical (unpaired) electrons. The Bertz CT molecular complexity index is 1120. The molecule has 0 saturated carbocycles. The van der Waals surface area contributed by atoms with E-state index < -0.39 is 6.10 Å². The van der Waals surface area contributed by atoms with Gasteiger partial charge in [0, 0.05) is 19.3 Å². The van der Waals surface area contributed by atoms with Crippen LogP contribution in [-0.4, -0.2) is 37.2 Å². The third-order valence-electron chi connectivity index (χ3n) is 12.1. The Kier molecular flexibility index (Phi) is 50.8. The molecule has 1 atom stereocenters. The van der Waals surface area contributed by atoms with Crippen LogP contribution >= 0.6 is 0 Å². The van der Waals surface area contributed by atoms with Gasteiger partial charge in [0.15, 0.2) is 6.10 Å². The Morgan fingerprint density at radius 2 is 0.562 bits per heavy atom. The first kappa shape index (κ1) is 61.4. The van der Waals surface area contributed by atoms with Crippen LogP contribution in [0, 0.1) is 0 Å². The molecule has 0 spiro atoms. The molecular weight excluding hydrogens is 793 g/mol. The number of allylic oxidation sites excluding steroid dienone is 8. The first-order valence-electron chi connectivity index (χ1n) is 27.6. The van der Waals surface area contributed by atoms with Crippen molar-refractivity contribution in [3.63, 3.8) is 0 Å². The second-order valence-electron chi connectivity index (χ2n) is 18.5. The van der Waals surface area contributed by atoms with Crippen LogP contribution in [0.1, 0.15) is 284 Å². The summed E-state index contributed by atoms with van der Waals surface area (Å²) in [5.41, 5.74) is 0. The fraction of sp³-hybridized carbons (Fsp3) is 0.810. The molecule has 0 saturated heterocycles. The summed E-state index contributed by atoms with van der Waals surface area (Å²) >= 11 is 0. The van der Waals surface area contributed by atoms with Crippen LogP contribution in [0.15, 0.2) is 48.6 Å². The number of carbonyl (C=O) groups excluding carboxylic acids is 3. The van der Waals surface area contributed by atoms with Crippen LogP contribution in [0.25, 0.3) is 0 Å². The number of hydrogen-bond donors (Lipinski definition) is 0. The number of hydrogen-bond acceptors (Lipinski definition) is 6. The lowest BCUT2D eigenvalue weighted by atomic mass is 10.1. The summed E-state index contributed by atoms with van der Waals surface area (Å²) in [6.45, 7) is 6.59. The second kappa shape index (κ2) is 53.0. The molecule has 0 aliphatic heterocycles. The van der Waals surface area contributed by atoms with Crippen molar-refractivity contribution in [3.05, 3.63) is 48.6 Å². The summed E-state index contributed by atoms with van der Waals surface area (Å²) in [6.07, 6.45) is 64.0. The zero-order valence-corrected chi connectivity index (χ0v) is 42.6. The zero-order chi connectivity index (χ0) is 46.5. The van der Waals surface area contributed by atoms with E-state index in [4.69, 9.17) is 14.2 Å². The molecule has 0 fully saturated rings. The highest BCUT2D eigenvalue weighted by Crippen LogP contribution is 2.15. The van der Waals surface area contributed by atoms with Crippen molar-refractivity contribution in [2.24, 2.45) is 0 Å². The Morgan fingerprint density at radius 3 is 0.922 bits per heavy atom. The number of esters is 3. The van der Waals surface area contributed by atoms with Crippen molar-refractivity contribution < 1.29 is 28.6 Å². The standard InChI is InChI=1S/C58H104O6/c1-4-7-10-13-16-19-21-23-24-25-26-27-28-29-30-31-32-33-34-35-37-39-42-45-48-51-57(60)63-54-55(53-62-56(59)50-47-44-41-38-18-15-12-9-6-3)64-58(61)52-49-46-43-40-36-22-20-17-14-11-8-5-2/h17,20-21,23,25-26,28-29,55H,4-16,18-19,22,24,27,30-54H2,1-3H3/b20-17-,23-21-,26-25-,29-28-. The van der Waals surface area contributed by atoms with Crippen LogP contribution in [0.2, 0.25) is 0 Å². The van der Waals surface area contributed by atoms with E-state index in [0.29, 0.717) is 19.3 Å². The molecule has 372 valence electrons. The molecule has 0 heterocycles. The monoisotopic (exact) mass is 897 g/mol. The smallest absolute Gasteiger partial charge is 0.306 e. The third-order valence-corrected chi connectivity index (χ3v) is 12.1. The van der Waals surface area contributed by atoms with Gasteiger partial charge in [-0.05, 0) is 83.5 Å². The minimum Gasteiger partial charge on any atom is -0.462 e. The second-order valence-corrected chi connectivity index (χ2v) is 18.5. The van der Waals surface area contributed by atoms with Crippen LogP contribution < -0.4 is 0 Å². The maximum absolute atomic E-state index is 12.8. The van der Waals surface area contributed by atoms with E-state index in [1.54, 1.807) is 0 Å². The minimum absolute atomic E-state index is 0.0755. The molecule has 0 bridgehead atoms. The van der Waals surface area contributed by atoms with Crippen molar-refractivity contribution >= 4 is 17.9 Å². The average molecular weight is 897 g/mol. The summed E-state index contributed by atoms with van der Waals surface area (Å²) in [4.78, 5) is 37.9. The molecule has 0 rings (SSSR count). The maximum atomic E-state index is 12.8. The van der Waals surface area contributed by atoms with Crippen molar-refractivity contribution in [2.75, 3.05) is 13.2 Å². The normalized spacial score (nSPS) is 12.4. The summed E-state index contributed by atoms with van der Waals surface area (Å²) in [5, 5.41) is 0. The van der Waals surface area contributed by atoms with Gasteiger partial charge in [-0.2, -0.15) is 0 Å².